The van der Waals surface area contributed by atoms with Crippen molar-refractivity contribution in [2.75, 3.05) is 18.4 Å². The molecule has 122 valence electrons. The molecular formula is C18H23N3OS. The molecule has 0 saturated heterocycles. The van der Waals surface area contributed by atoms with E-state index in [1.165, 1.54) is 10.4 Å². The number of thiazole rings is 1. The minimum atomic E-state index is 0.0415. The van der Waals surface area contributed by atoms with Crippen molar-refractivity contribution < 1.29 is 4.79 Å². The first-order valence-corrected chi connectivity index (χ1v) is 9.03. The first kappa shape index (κ1) is 16.1. The zero-order valence-corrected chi connectivity index (χ0v) is 14.5. The highest BCUT2D eigenvalue weighted by molar-refractivity contribution is 7.15. The molecule has 0 aliphatic carbocycles. The van der Waals surface area contributed by atoms with Crippen LogP contribution in [0.2, 0.25) is 0 Å². The highest BCUT2D eigenvalue weighted by Crippen LogP contribution is 2.28. The van der Waals surface area contributed by atoms with E-state index in [4.69, 9.17) is 0 Å². The molecule has 1 aliphatic rings. The predicted molar refractivity (Wildman–Crippen MR) is 94.9 cm³/mol. The van der Waals surface area contributed by atoms with Gasteiger partial charge in [0.25, 0.3) is 0 Å². The van der Waals surface area contributed by atoms with Crippen LogP contribution < -0.4 is 5.32 Å². The van der Waals surface area contributed by atoms with E-state index in [0.29, 0.717) is 6.42 Å². The number of benzene rings is 1. The molecule has 1 aromatic carbocycles. The van der Waals surface area contributed by atoms with Crippen molar-refractivity contribution in [1.29, 1.82) is 0 Å². The maximum absolute atomic E-state index is 12.3. The van der Waals surface area contributed by atoms with E-state index in [1.807, 2.05) is 18.2 Å². The third-order valence-electron chi connectivity index (χ3n) is 4.36. The number of nitrogens with zero attached hydrogens (tertiary/aromatic N) is 2. The van der Waals surface area contributed by atoms with Crippen LogP contribution in [-0.2, 0) is 17.8 Å². The number of carbonyl (C=O) groups is 1. The van der Waals surface area contributed by atoms with Crippen molar-refractivity contribution in [3.8, 4) is 0 Å². The van der Waals surface area contributed by atoms with Crippen molar-refractivity contribution in [2.24, 2.45) is 0 Å². The molecule has 5 heteroatoms. The lowest BCUT2D eigenvalue weighted by Gasteiger charge is -2.23. The van der Waals surface area contributed by atoms with E-state index in [1.54, 1.807) is 11.3 Å². The Morgan fingerprint density at radius 1 is 1.39 bits per heavy atom. The maximum atomic E-state index is 12.3. The average Bonchev–Trinajstić information content (AvgIpc) is 2.96. The Morgan fingerprint density at radius 2 is 2.17 bits per heavy atom. The summed E-state index contributed by atoms with van der Waals surface area (Å²) < 4.78 is 0. The lowest BCUT2D eigenvalue weighted by Crippen LogP contribution is -2.29. The van der Waals surface area contributed by atoms with Gasteiger partial charge in [-0.2, -0.15) is 0 Å². The number of fused-ring (bicyclic) bond motifs is 1. The monoisotopic (exact) mass is 329 g/mol. The van der Waals surface area contributed by atoms with Gasteiger partial charge in [0.2, 0.25) is 5.91 Å². The molecule has 0 radical (unpaired) electrons. The second-order valence-corrected chi connectivity index (χ2v) is 7.16. The number of rotatable bonds is 5. The van der Waals surface area contributed by atoms with Crippen LogP contribution in [0.4, 0.5) is 5.13 Å². The first-order valence-electron chi connectivity index (χ1n) is 8.21. The zero-order valence-electron chi connectivity index (χ0n) is 13.7. The second-order valence-electron chi connectivity index (χ2n) is 6.07. The van der Waals surface area contributed by atoms with Gasteiger partial charge < -0.3 is 5.32 Å². The molecule has 2 aromatic rings. The van der Waals surface area contributed by atoms with Gasteiger partial charge in [-0.1, -0.05) is 44.2 Å². The summed E-state index contributed by atoms with van der Waals surface area (Å²) in [6.45, 7) is 7.35. The van der Waals surface area contributed by atoms with Gasteiger partial charge in [-0.3, -0.25) is 9.69 Å². The maximum Gasteiger partial charge on any atom is 0.226 e. The molecule has 4 nitrogen and oxygen atoms in total. The number of aromatic nitrogens is 1. The van der Waals surface area contributed by atoms with Gasteiger partial charge >= 0.3 is 0 Å². The van der Waals surface area contributed by atoms with E-state index >= 15 is 0 Å². The van der Waals surface area contributed by atoms with Crippen molar-refractivity contribution in [3.63, 3.8) is 0 Å². The molecule has 2 heterocycles. The Kier molecular flexibility index (Phi) is 5.08. The highest BCUT2D eigenvalue weighted by atomic mass is 32.1. The molecule has 1 N–H and O–H groups in total. The Balaban J connectivity index is 1.59. The van der Waals surface area contributed by atoms with Gasteiger partial charge in [0.15, 0.2) is 5.13 Å². The minimum absolute atomic E-state index is 0.0415. The van der Waals surface area contributed by atoms with Crippen LogP contribution in [0.25, 0.3) is 0 Å². The lowest BCUT2D eigenvalue weighted by atomic mass is 9.98. The molecule has 0 bridgehead atoms. The summed E-state index contributed by atoms with van der Waals surface area (Å²) in [5.41, 5.74) is 2.35. The summed E-state index contributed by atoms with van der Waals surface area (Å²) in [5.74, 6) is 0.251. The van der Waals surface area contributed by atoms with Crippen LogP contribution in [0.15, 0.2) is 30.3 Å². The number of carbonyl (C=O) groups excluding carboxylic acids is 1. The third kappa shape index (κ3) is 3.98. The van der Waals surface area contributed by atoms with Crippen LogP contribution in [-0.4, -0.2) is 28.9 Å². The van der Waals surface area contributed by atoms with E-state index in [9.17, 15) is 4.79 Å². The van der Waals surface area contributed by atoms with E-state index in [0.717, 1.165) is 36.9 Å². The summed E-state index contributed by atoms with van der Waals surface area (Å²) in [4.78, 5) is 20.6. The Hall–Kier alpha value is -1.72. The molecule has 1 aromatic heterocycles. The molecule has 0 fully saturated rings. The molecule has 1 atom stereocenters. The van der Waals surface area contributed by atoms with Crippen molar-refractivity contribution >= 4 is 22.4 Å². The van der Waals surface area contributed by atoms with Crippen LogP contribution in [0.3, 0.4) is 0 Å². The quantitative estimate of drug-likeness (QED) is 0.910. The fourth-order valence-electron chi connectivity index (χ4n) is 2.92. The van der Waals surface area contributed by atoms with Crippen LogP contribution in [0, 0.1) is 0 Å². The first-order chi connectivity index (χ1) is 11.2. The highest BCUT2D eigenvalue weighted by Gasteiger charge is 2.20. The average molecular weight is 329 g/mol. The summed E-state index contributed by atoms with van der Waals surface area (Å²) in [6.07, 6.45) is 1.46. The third-order valence-corrected chi connectivity index (χ3v) is 5.36. The molecule has 1 amide bonds. The molecule has 0 spiro atoms. The number of hydrogen-bond acceptors (Lipinski definition) is 4. The van der Waals surface area contributed by atoms with Crippen molar-refractivity contribution in [2.45, 2.75) is 39.2 Å². The second kappa shape index (κ2) is 7.23. The van der Waals surface area contributed by atoms with Gasteiger partial charge in [-0.05, 0) is 18.0 Å². The number of nitrogens with one attached hydrogen (secondary N) is 1. The molecule has 23 heavy (non-hydrogen) atoms. The Labute approximate surface area is 141 Å². The topological polar surface area (TPSA) is 45.2 Å². The fourth-order valence-corrected chi connectivity index (χ4v) is 3.99. The molecule has 1 aliphatic heterocycles. The van der Waals surface area contributed by atoms with Gasteiger partial charge in [-0.15, -0.1) is 11.3 Å². The zero-order chi connectivity index (χ0) is 16.2. The number of amides is 1. The van der Waals surface area contributed by atoms with E-state index in [-0.39, 0.29) is 11.8 Å². The van der Waals surface area contributed by atoms with E-state index < -0.39 is 0 Å². The summed E-state index contributed by atoms with van der Waals surface area (Å²) >= 11 is 1.62. The largest absolute Gasteiger partial charge is 0.302 e. The lowest BCUT2D eigenvalue weighted by molar-refractivity contribution is -0.116. The minimum Gasteiger partial charge on any atom is -0.302 e. The van der Waals surface area contributed by atoms with Gasteiger partial charge in [-0.25, -0.2) is 4.98 Å². The normalized spacial score (nSPS) is 15.9. The van der Waals surface area contributed by atoms with Gasteiger partial charge in [0, 0.05) is 30.8 Å². The summed E-state index contributed by atoms with van der Waals surface area (Å²) in [7, 11) is 0. The Bertz CT molecular complexity index is 668. The number of likely N-dealkylation sites (N-methyl/N-ethyl adjacent to an activating group) is 1. The Morgan fingerprint density at radius 3 is 2.91 bits per heavy atom. The van der Waals surface area contributed by atoms with Crippen LogP contribution in [0.5, 0.6) is 0 Å². The number of hydrogen-bond donors (Lipinski definition) is 1. The smallest absolute Gasteiger partial charge is 0.226 e. The fraction of sp³-hybridized carbons (Fsp3) is 0.444. The SMILES string of the molecule is CCN1CCc2nc(NC(=O)C[C@H](C)c3ccccc3)sc2C1. The molecule has 0 saturated carbocycles. The van der Waals surface area contributed by atoms with E-state index in [2.05, 4.69) is 41.2 Å². The summed E-state index contributed by atoms with van der Waals surface area (Å²) in [5, 5.41) is 3.73. The van der Waals surface area contributed by atoms with Crippen molar-refractivity contribution in [3.05, 3.63) is 46.5 Å². The van der Waals surface area contributed by atoms with Crippen LogP contribution >= 0.6 is 11.3 Å². The summed E-state index contributed by atoms with van der Waals surface area (Å²) in [6, 6.07) is 10.2. The standard InChI is InChI=1S/C18H23N3OS/c1-3-21-10-9-15-16(12-21)23-18(19-15)20-17(22)11-13(2)14-7-5-4-6-8-14/h4-8,13H,3,9-12H2,1-2H3,(H,19,20,22)/t13-/m0/s1. The number of anilines is 1. The van der Waals surface area contributed by atoms with Crippen molar-refractivity contribution in [1.82, 2.24) is 9.88 Å². The molecule has 0 unspecified atom stereocenters. The van der Waals surface area contributed by atoms with Gasteiger partial charge in [0.05, 0.1) is 5.69 Å². The predicted octanol–water partition coefficient (Wildman–Crippen LogP) is 3.65. The molecular weight excluding hydrogens is 306 g/mol. The van der Waals surface area contributed by atoms with Gasteiger partial charge in [0.1, 0.15) is 0 Å². The molecule has 3 rings (SSSR count). The van der Waals surface area contributed by atoms with Crippen LogP contribution in [0.1, 0.15) is 42.3 Å².